The van der Waals surface area contributed by atoms with Gasteiger partial charge in [-0.25, -0.2) is 4.39 Å². The number of nitrogens with one attached hydrogen (secondary N) is 1. The minimum atomic E-state index is -0.929. The minimum Gasteiger partial charge on any atom is -0.389 e. The highest BCUT2D eigenvalue weighted by Crippen LogP contribution is 2.34. The number of rotatable bonds is 4. The molecule has 0 unspecified atom stereocenters. The van der Waals surface area contributed by atoms with Gasteiger partial charge < -0.3 is 15.3 Å². The van der Waals surface area contributed by atoms with E-state index in [4.69, 9.17) is 0 Å². The number of benzene rings is 1. The van der Waals surface area contributed by atoms with Gasteiger partial charge in [0.05, 0.1) is 17.7 Å². The number of amides is 1. The second-order valence-electron chi connectivity index (χ2n) is 6.84. The van der Waals surface area contributed by atoms with Crippen molar-refractivity contribution in [2.45, 2.75) is 57.0 Å². The summed E-state index contributed by atoms with van der Waals surface area (Å²) in [5.41, 5.74) is 0.0618. The maximum Gasteiger partial charge on any atom is 0.227 e. The molecule has 2 aliphatic rings. The smallest absolute Gasteiger partial charge is 0.227 e. The number of carbonyl (C=O) groups excluding carboxylic acids is 1. The first-order valence-electron chi connectivity index (χ1n) is 8.63. The first kappa shape index (κ1) is 16.2. The van der Waals surface area contributed by atoms with Crippen molar-refractivity contribution >= 4 is 17.3 Å². The number of hydrogen-bond donors (Lipinski definition) is 2. The number of aliphatic hydroxyl groups is 1. The normalized spacial score (nSPS) is 20.5. The van der Waals surface area contributed by atoms with Crippen molar-refractivity contribution in [2.24, 2.45) is 0 Å². The molecule has 1 amide bonds. The molecule has 1 aromatic carbocycles. The van der Waals surface area contributed by atoms with E-state index in [1.807, 2.05) is 6.07 Å². The molecular formula is C18H25FN2O2. The molecule has 126 valence electrons. The summed E-state index contributed by atoms with van der Waals surface area (Å²) >= 11 is 0. The van der Waals surface area contributed by atoms with Crippen molar-refractivity contribution in [1.82, 2.24) is 0 Å². The molecule has 0 aromatic heterocycles. The van der Waals surface area contributed by atoms with Crippen molar-refractivity contribution in [3.05, 3.63) is 24.0 Å². The van der Waals surface area contributed by atoms with E-state index in [-0.39, 0.29) is 18.0 Å². The maximum atomic E-state index is 14.2. The molecule has 1 saturated heterocycles. The SMILES string of the molecule is O=C(CC1(O)CCCCC1)Nc1c(F)cccc1N1CCCC1. The Bertz CT molecular complexity index is 564. The third-order valence-corrected chi connectivity index (χ3v) is 4.98. The van der Waals surface area contributed by atoms with Crippen LogP contribution in [0.25, 0.3) is 0 Å². The standard InChI is InChI=1S/C18H25FN2O2/c19-14-7-6-8-15(21-11-4-5-12-21)17(14)20-16(22)13-18(23)9-2-1-3-10-18/h6-8,23H,1-5,9-13H2,(H,20,22). The van der Waals surface area contributed by atoms with Gasteiger partial charge in [0.1, 0.15) is 11.5 Å². The van der Waals surface area contributed by atoms with Gasteiger partial charge in [-0.1, -0.05) is 25.3 Å². The third kappa shape index (κ3) is 3.83. The molecule has 2 fully saturated rings. The topological polar surface area (TPSA) is 52.6 Å². The van der Waals surface area contributed by atoms with Gasteiger partial charge in [0.15, 0.2) is 0 Å². The Labute approximate surface area is 136 Å². The summed E-state index contributed by atoms with van der Waals surface area (Å²) in [7, 11) is 0. The number of hydrogen-bond acceptors (Lipinski definition) is 3. The van der Waals surface area contributed by atoms with Crippen LogP contribution < -0.4 is 10.2 Å². The molecule has 2 N–H and O–H groups in total. The summed E-state index contributed by atoms with van der Waals surface area (Å²) in [6, 6.07) is 4.89. The fraction of sp³-hybridized carbons (Fsp3) is 0.611. The van der Waals surface area contributed by atoms with E-state index in [0.29, 0.717) is 12.8 Å². The van der Waals surface area contributed by atoms with E-state index in [0.717, 1.165) is 50.9 Å². The first-order chi connectivity index (χ1) is 11.1. The quantitative estimate of drug-likeness (QED) is 0.893. The first-order valence-corrected chi connectivity index (χ1v) is 8.63. The van der Waals surface area contributed by atoms with E-state index < -0.39 is 11.4 Å². The fourth-order valence-electron chi connectivity index (χ4n) is 3.73. The fourth-order valence-corrected chi connectivity index (χ4v) is 3.73. The summed E-state index contributed by atoms with van der Waals surface area (Å²) in [5, 5.41) is 13.2. The van der Waals surface area contributed by atoms with Crippen LogP contribution in [0.4, 0.5) is 15.8 Å². The van der Waals surface area contributed by atoms with Crippen molar-refractivity contribution in [2.75, 3.05) is 23.3 Å². The van der Waals surface area contributed by atoms with Crippen LogP contribution >= 0.6 is 0 Å². The number of carbonyl (C=O) groups is 1. The molecule has 1 aliphatic carbocycles. The van der Waals surface area contributed by atoms with Crippen LogP contribution in [0.5, 0.6) is 0 Å². The van der Waals surface area contributed by atoms with Gasteiger partial charge in [0, 0.05) is 13.1 Å². The Morgan fingerprint density at radius 1 is 1.17 bits per heavy atom. The summed E-state index contributed by atoms with van der Waals surface area (Å²) < 4.78 is 14.2. The van der Waals surface area contributed by atoms with Crippen LogP contribution in [0, 0.1) is 5.82 Å². The molecule has 0 atom stereocenters. The molecule has 1 aromatic rings. The molecule has 1 aliphatic heterocycles. The maximum absolute atomic E-state index is 14.2. The number of nitrogens with zero attached hydrogens (tertiary/aromatic N) is 1. The van der Waals surface area contributed by atoms with Gasteiger partial charge in [-0.2, -0.15) is 0 Å². The van der Waals surface area contributed by atoms with Crippen molar-refractivity contribution in [3.63, 3.8) is 0 Å². The molecular weight excluding hydrogens is 295 g/mol. The minimum absolute atomic E-state index is 0.0424. The Balaban J connectivity index is 1.72. The van der Waals surface area contributed by atoms with Gasteiger partial charge in [-0.3, -0.25) is 4.79 Å². The highest BCUT2D eigenvalue weighted by atomic mass is 19.1. The van der Waals surface area contributed by atoms with E-state index in [1.54, 1.807) is 6.07 Å². The van der Waals surface area contributed by atoms with E-state index in [9.17, 15) is 14.3 Å². The molecule has 4 nitrogen and oxygen atoms in total. The van der Waals surface area contributed by atoms with Gasteiger partial charge >= 0.3 is 0 Å². The molecule has 3 rings (SSSR count). The monoisotopic (exact) mass is 320 g/mol. The Hall–Kier alpha value is -1.62. The second kappa shape index (κ2) is 6.87. The van der Waals surface area contributed by atoms with E-state index in [1.165, 1.54) is 6.07 Å². The lowest BCUT2D eigenvalue weighted by molar-refractivity contribution is -0.122. The lowest BCUT2D eigenvalue weighted by atomic mass is 9.82. The van der Waals surface area contributed by atoms with Crippen LogP contribution in [0.3, 0.4) is 0 Å². The van der Waals surface area contributed by atoms with Crippen molar-refractivity contribution in [3.8, 4) is 0 Å². The molecule has 0 bridgehead atoms. The zero-order valence-electron chi connectivity index (χ0n) is 13.5. The molecule has 23 heavy (non-hydrogen) atoms. The molecule has 0 radical (unpaired) electrons. The highest BCUT2D eigenvalue weighted by Gasteiger charge is 2.32. The van der Waals surface area contributed by atoms with Crippen LogP contribution in [0.1, 0.15) is 51.4 Å². The lowest BCUT2D eigenvalue weighted by Crippen LogP contribution is -2.36. The predicted octanol–water partition coefficient (Wildman–Crippen LogP) is 3.45. The summed E-state index contributed by atoms with van der Waals surface area (Å²) in [4.78, 5) is 14.5. The summed E-state index contributed by atoms with van der Waals surface area (Å²) in [6.07, 6.45) is 6.52. The average Bonchev–Trinajstić information content (AvgIpc) is 3.03. The van der Waals surface area contributed by atoms with Gasteiger partial charge in [0.25, 0.3) is 0 Å². The number of anilines is 2. The zero-order chi connectivity index (χ0) is 16.3. The highest BCUT2D eigenvalue weighted by molar-refractivity contribution is 5.95. The van der Waals surface area contributed by atoms with Crippen LogP contribution in [0.2, 0.25) is 0 Å². The molecule has 1 saturated carbocycles. The lowest BCUT2D eigenvalue weighted by Gasteiger charge is -2.31. The van der Waals surface area contributed by atoms with E-state index >= 15 is 0 Å². The number of halogens is 1. The third-order valence-electron chi connectivity index (χ3n) is 4.98. The summed E-state index contributed by atoms with van der Waals surface area (Å²) in [5.74, 6) is -0.724. The van der Waals surface area contributed by atoms with Crippen LogP contribution in [-0.2, 0) is 4.79 Å². The zero-order valence-corrected chi connectivity index (χ0v) is 13.5. The Morgan fingerprint density at radius 3 is 2.57 bits per heavy atom. The van der Waals surface area contributed by atoms with Gasteiger partial charge in [0.2, 0.25) is 5.91 Å². The van der Waals surface area contributed by atoms with Crippen LogP contribution in [0.15, 0.2) is 18.2 Å². The molecule has 1 heterocycles. The number of para-hydroxylation sites is 1. The largest absolute Gasteiger partial charge is 0.389 e. The Kier molecular flexibility index (Phi) is 4.85. The predicted molar refractivity (Wildman–Crippen MR) is 89.1 cm³/mol. The van der Waals surface area contributed by atoms with Gasteiger partial charge in [-0.05, 0) is 37.8 Å². The Morgan fingerprint density at radius 2 is 1.87 bits per heavy atom. The van der Waals surface area contributed by atoms with Crippen molar-refractivity contribution in [1.29, 1.82) is 0 Å². The van der Waals surface area contributed by atoms with E-state index in [2.05, 4.69) is 10.2 Å². The summed E-state index contributed by atoms with van der Waals surface area (Å²) in [6.45, 7) is 1.77. The average molecular weight is 320 g/mol. The molecule has 5 heteroatoms. The molecule has 0 spiro atoms. The van der Waals surface area contributed by atoms with Crippen molar-refractivity contribution < 1.29 is 14.3 Å². The second-order valence-corrected chi connectivity index (χ2v) is 6.84. The van der Waals surface area contributed by atoms with Gasteiger partial charge in [-0.15, -0.1) is 0 Å². The van der Waals surface area contributed by atoms with Crippen LogP contribution in [-0.4, -0.2) is 29.7 Å².